The summed E-state index contributed by atoms with van der Waals surface area (Å²) in [5.74, 6) is -0.0210. The lowest BCUT2D eigenvalue weighted by Gasteiger charge is -2.07. The van der Waals surface area contributed by atoms with Crippen molar-refractivity contribution < 1.29 is 14.6 Å². The average molecular weight is 273 g/mol. The van der Waals surface area contributed by atoms with Crippen LogP contribution >= 0.6 is 0 Å². The third-order valence-corrected chi connectivity index (χ3v) is 2.67. The van der Waals surface area contributed by atoms with Crippen molar-refractivity contribution in [3.63, 3.8) is 0 Å². The molecule has 1 aromatic heterocycles. The minimum absolute atomic E-state index is 0.00777. The van der Waals surface area contributed by atoms with Crippen molar-refractivity contribution in [2.24, 2.45) is 0 Å². The number of anilines is 1. The Labute approximate surface area is 116 Å². The first-order valence-electron chi connectivity index (χ1n) is 6.07. The number of aromatic nitrogens is 2. The largest absolute Gasteiger partial charge is 0.463 e. The van der Waals surface area contributed by atoms with Crippen molar-refractivity contribution in [1.29, 1.82) is 0 Å². The van der Waals surface area contributed by atoms with E-state index in [2.05, 4.69) is 20.0 Å². The molecule has 0 saturated carbocycles. The number of aliphatic hydroxyl groups is 1. The van der Waals surface area contributed by atoms with Gasteiger partial charge in [-0.2, -0.15) is 0 Å². The van der Waals surface area contributed by atoms with Gasteiger partial charge in [0, 0.05) is 12.7 Å². The number of nitrogens with zero attached hydrogens (tertiary/aromatic N) is 2. The number of benzene rings is 1. The summed E-state index contributed by atoms with van der Waals surface area (Å²) in [5, 5.41) is 12.2. The van der Waals surface area contributed by atoms with Gasteiger partial charge in [0.2, 0.25) is 5.82 Å². The maximum Gasteiger partial charge on any atom is 0.376 e. The summed E-state index contributed by atoms with van der Waals surface area (Å²) < 4.78 is 4.56. The minimum atomic E-state index is -0.573. The quantitative estimate of drug-likeness (QED) is 0.800. The molecule has 0 atom stereocenters. The second-order valence-corrected chi connectivity index (χ2v) is 4.09. The second-order valence-electron chi connectivity index (χ2n) is 4.09. The van der Waals surface area contributed by atoms with Gasteiger partial charge in [-0.3, -0.25) is 0 Å². The standard InChI is InChI=1S/C14H15N3O3/c1-20-14(19)13-15-6-5-12(17-13)16-8-10-3-2-4-11(7-10)9-18/h2-7,18H,8-9H2,1H3,(H,15,16,17). The van der Waals surface area contributed by atoms with Gasteiger partial charge in [0.25, 0.3) is 0 Å². The summed E-state index contributed by atoms with van der Waals surface area (Å²) in [4.78, 5) is 19.2. The van der Waals surface area contributed by atoms with Crippen LogP contribution in [0.5, 0.6) is 0 Å². The molecule has 0 amide bonds. The first-order valence-corrected chi connectivity index (χ1v) is 6.07. The molecule has 6 nitrogen and oxygen atoms in total. The molecule has 0 aliphatic heterocycles. The van der Waals surface area contributed by atoms with E-state index < -0.39 is 5.97 Å². The zero-order valence-corrected chi connectivity index (χ0v) is 11.0. The summed E-state index contributed by atoms with van der Waals surface area (Å²) in [6.07, 6.45) is 1.49. The molecule has 0 aliphatic rings. The van der Waals surface area contributed by atoms with Crippen LogP contribution in [-0.2, 0) is 17.9 Å². The number of hydrogen-bond acceptors (Lipinski definition) is 6. The lowest BCUT2D eigenvalue weighted by Crippen LogP contribution is -2.10. The molecule has 1 aromatic carbocycles. The Bertz CT molecular complexity index is 602. The summed E-state index contributed by atoms with van der Waals surface area (Å²) in [7, 11) is 1.28. The zero-order chi connectivity index (χ0) is 14.4. The number of aliphatic hydroxyl groups excluding tert-OH is 1. The zero-order valence-electron chi connectivity index (χ0n) is 11.0. The van der Waals surface area contributed by atoms with E-state index in [1.54, 1.807) is 6.07 Å². The SMILES string of the molecule is COC(=O)c1nccc(NCc2cccc(CO)c2)n1. The molecule has 0 bridgehead atoms. The van der Waals surface area contributed by atoms with Gasteiger partial charge >= 0.3 is 5.97 Å². The van der Waals surface area contributed by atoms with Crippen molar-refractivity contribution in [3.8, 4) is 0 Å². The van der Waals surface area contributed by atoms with Gasteiger partial charge in [0.15, 0.2) is 0 Å². The maximum atomic E-state index is 11.3. The summed E-state index contributed by atoms with van der Waals surface area (Å²) in [6.45, 7) is 0.541. The Morgan fingerprint density at radius 1 is 1.35 bits per heavy atom. The number of carbonyl (C=O) groups excluding carboxylic acids is 1. The smallest absolute Gasteiger partial charge is 0.376 e. The Kier molecular flexibility index (Phi) is 4.62. The highest BCUT2D eigenvalue weighted by Crippen LogP contribution is 2.09. The fourth-order valence-corrected chi connectivity index (χ4v) is 1.68. The van der Waals surface area contributed by atoms with Gasteiger partial charge in [-0.1, -0.05) is 24.3 Å². The molecule has 0 spiro atoms. The second kappa shape index (κ2) is 6.63. The summed E-state index contributed by atoms with van der Waals surface area (Å²) >= 11 is 0. The number of methoxy groups -OCH3 is 1. The summed E-state index contributed by atoms with van der Waals surface area (Å²) in [6, 6.07) is 9.23. The molecule has 2 rings (SSSR count). The molecule has 20 heavy (non-hydrogen) atoms. The molecule has 0 unspecified atom stereocenters. The van der Waals surface area contributed by atoms with Crippen LogP contribution in [0.25, 0.3) is 0 Å². The Morgan fingerprint density at radius 3 is 2.90 bits per heavy atom. The van der Waals surface area contributed by atoms with Crippen LogP contribution in [0.15, 0.2) is 36.5 Å². The van der Waals surface area contributed by atoms with Crippen LogP contribution in [-0.4, -0.2) is 28.2 Å². The topological polar surface area (TPSA) is 84.3 Å². The van der Waals surface area contributed by atoms with E-state index in [0.29, 0.717) is 12.4 Å². The fraction of sp³-hybridized carbons (Fsp3) is 0.214. The van der Waals surface area contributed by atoms with Crippen molar-refractivity contribution in [2.45, 2.75) is 13.2 Å². The third kappa shape index (κ3) is 3.52. The van der Waals surface area contributed by atoms with Crippen LogP contribution in [0.3, 0.4) is 0 Å². The van der Waals surface area contributed by atoms with Gasteiger partial charge in [-0.05, 0) is 17.2 Å². The molecule has 0 radical (unpaired) electrons. The van der Waals surface area contributed by atoms with Crippen LogP contribution in [0, 0.1) is 0 Å². The van der Waals surface area contributed by atoms with Crippen molar-refractivity contribution >= 4 is 11.8 Å². The van der Waals surface area contributed by atoms with E-state index in [-0.39, 0.29) is 12.4 Å². The molecule has 2 N–H and O–H groups in total. The molecule has 0 saturated heterocycles. The normalized spacial score (nSPS) is 10.1. The molecule has 2 aromatic rings. The molecule has 6 heteroatoms. The predicted octanol–water partition coefficient (Wildman–Crippen LogP) is 1.37. The van der Waals surface area contributed by atoms with E-state index in [9.17, 15) is 4.79 Å². The molecule has 1 heterocycles. The third-order valence-electron chi connectivity index (χ3n) is 2.67. The van der Waals surface area contributed by atoms with Crippen LogP contribution in [0.2, 0.25) is 0 Å². The number of carbonyl (C=O) groups is 1. The van der Waals surface area contributed by atoms with E-state index in [1.165, 1.54) is 13.3 Å². The van der Waals surface area contributed by atoms with Gasteiger partial charge in [-0.15, -0.1) is 0 Å². The van der Waals surface area contributed by atoms with Crippen LogP contribution < -0.4 is 5.32 Å². The maximum absolute atomic E-state index is 11.3. The highest BCUT2D eigenvalue weighted by Gasteiger charge is 2.09. The number of esters is 1. The first-order chi connectivity index (χ1) is 9.72. The lowest BCUT2D eigenvalue weighted by molar-refractivity contribution is 0.0587. The number of hydrogen-bond donors (Lipinski definition) is 2. The number of nitrogens with one attached hydrogen (secondary N) is 1. The highest BCUT2D eigenvalue weighted by molar-refractivity contribution is 5.85. The Morgan fingerprint density at radius 2 is 2.15 bits per heavy atom. The van der Waals surface area contributed by atoms with E-state index in [4.69, 9.17) is 5.11 Å². The fourth-order valence-electron chi connectivity index (χ4n) is 1.68. The lowest BCUT2D eigenvalue weighted by atomic mass is 10.1. The van der Waals surface area contributed by atoms with Gasteiger partial charge < -0.3 is 15.2 Å². The first kappa shape index (κ1) is 14.0. The highest BCUT2D eigenvalue weighted by atomic mass is 16.5. The Hall–Kier alpha value is -2.47. The van der Waals surface area contributed by atoms with Crippen LogP contribution in [0.1, 0.15) is 21.7 Å². The van der Waals surface area contributed by atoms with E-state index >= 15 is 0 Å². The van der Waals surface area contributed by atoms with Crippen molar-refractivity contribution in [3.05, 3.63) is 53.5 Å². The Balaban J connectivity index is 2.05. The van der Waals surface area contributed by atoms with Crippen molar-refractivity contribution in [1.82, 2.24) is 9.97 Å². The average Bonchev–Trinajstić information content (AvgIpc) is 2.52. The number of rotatable bonds is 5. The molecule has 0 fully saturated rings. The van der Waals surface area contributed by atoms with E-state index in [0.717, 1.165) is 11.1 Å². The van der Waals surface area contributed by atoms with Gasteiger partial charge in [0.05, 0.1) is 13.7 Å². The molecular weight excluding hydrogens is 258 g/mol. The van der Waals surface area contributed by atoms with Crippen molar-refractivity contribution in [2.75, 3.05) is 12.4 Å². The summed E-state index contributed by atoms with van der Waals surface area (Å²) in [5.41, 5.74) is 1.86. The van der Waals surface area contributed by atoms with Crippen LogP contribution in [0.4, 0.5) is 5.82 Å². The van der Waals surface area contributed by atoms with Gasteiger partial charge in [0.1, 0.15) is 5.82 Å². The molecule has 104 valence electrons. The predicted molar refractivity (Wildman–Crippen MR) is 73.1 cm³/mol. The van der Waals surface area contributed by atoms with E-state index in [1.807, 2.05) is 24.3 Å². The van der Waals surface area contributed by atoms with Gasteiger partial charge in [-0.25, -0.2) is 14.8 Å². The molecule has 0 aliphatic carbocycles. The number of ether oxygens (including phenoxy) is 1. The monoisotopic (exact) mass is 273 g/mol. The molecular formula is C14H15N3O3. The minimum Gasteiger partial charge on any atom is -0.463 e.